The number of aliphatic carboxylic acids is 1. The van der Waals surface area contributed by atoms with Gasteiger partial charge in [-0.15, -0.1) is 0 Å². The molecular weight excluding hydrogens is 338 g/mol. The van der Waals surface area contributed by atoms with Gasteiger partial charge in [0.2, 0.25) is 5.91 Å². The molecule has 0 spiro atoms. The third-order valence-corrected chi connectivity index (χ3v) is 4.40. The number of hydrogen-bond acceptors (Lipinski definition) is 6. The molecule has 1 aromatic heterocycles. The molecule has 23 heavy (non-hydrogen) atoms. The zero-order chi connectivity index (χ0) is 17.0. The van der Waals surface area contributed by atoms with Crippen LogP contribution in [-0.4, -0.2) is 43.1 Å². The van der Waals surface area contributed by atoms with Crippen molar-refractivity contribution in [3.05, 3.63) is 35.0 Å². The Balaban J connectivity index is 2.24. The van der Waals surface area contributed by atoms with Gasteiger partial charge in [-0.3, -0.25) is 19.5 Å². The largest absolute Gasteiger partial charge is 0.480 e. The number of primary amides is 1. The summed E-state index contributed by atoms with van der Waals surface area (Å²) in [4.78, 5) is 40.0. The Labute approximate surface area is 141 Å². The van der Waals surface area contributed by atoms with Gasteiger partial charge in [0.25, 0.3) is 5.91 Å². The first kappa shape index (κ1) is 17.1. The summed E-state index contributed by atoms with van der Waals surface area (Å²) in [5.41, 5.74) is 5.75. The number of carbonyl (C=O) groups is 3. The van der Waals surface area contributed by atoms with Gasteiger partial charge in [0.05, 0.1) is 4.91 Å². The van der Waals surface area contributed by atoms with E-state index < -0.39 is 23.8 Å². The first-order valence-corrected chi connectivity index (χ1v) is 7.81. The fourth-order valence-electron chi connectivity index (χ4n) is 2.00. The first-order chi connectivity index (χ1) is 10.9. The maximum atomic E-state index is 12.5. The van der Waals surface area contributed by atoms with Gasteiger partial charge in [0, 0.05) is 18.8 Å². The van der Waals surface area contributed by atoms with Crippen molar-refractivity contribution < 1.29 is 19.5 Å². The zero-order valence-electron chi connectivity index (χ0n) is 11.8. The van der Waals surface area contributed by atoms with Gasteiger partial charge in [-0.2, -0.15) is 0 Å². The number of aromatic nitrogens is 1. The van der Waals surface area contributed by atoms with Gasteiger partial charge in [0.15, 0.2) is 0 Å². The van der Waals surface area contributed by atoms with Crippen molar-refractivity contribution in [1.82, 2.24) is 9.88 Å². The molecular formula is C14H13N3O4S2. The summed E-state index contributed by atoms with van der Waals surface area (Å²) >= 11 is 6.14. The lowest BCUT2D eigenvalue weighted by atomic mass is 10.1. The number of rotatable bonds is 6. The van der Waals surface area contributed by atoms with Crippen LogP contribution in [0.3, 0.4) is 0 Å². The van der Waals surface area contributed by atoms with E-state index in [9.17, 15) is 19.5 Å². The molecule has 0 aliphatic carbocycles. The molecule has 3 N–H and O–H groups in total. The van der Waals surface area contributed by atoms with Gasteiger partial charge in [0.1, 0.15) is 10.4 Å². The van der Waals surface area contributed by atoms with Crippen LogP contribution in [0.2, 0.25) is 0 Å². The van der Waals surface area contributed by atoms with Crippen LogP contribution in [0, 0.1) is 0 Å². The lowest BCUT2D eigenvalue weighted by molar-refractivity contribution is -0.145. The van der Waals surface area contributed by atoms with Crippen LogP contribution in [0.4, 0.5) is 0 Å². The van der Waals surface area contributed by atoms with E-state index >= 15 is 0 Å². The summed E-state index contributed by atoms with van der Waals surface area (Å²) in [6.45, 7) is 0. The molecule has 1 fully saturated rings. The summed E-state index contributed by atoms with van der Waals surface area (Å²) < 4.78 is 0.141. The number of hydrogen-bond donors (Lipinski definition) is 2. The van der Waals surface area contributed by atoms with Crippen LogP contribution in [0.5, 0.6) is 0 Å². The number of nitrogens with two attached hydrogens (primary N) is 1. The Morgan fingerprint density at radius 2 is 2.26 bits per heavy atom. The highest BCUT2D eigenvalue weighted by atomic mass is 32.2. The van der Waals surface area contributed by atoms with E-state index in [0.29, 0.717) is 10.5 Å². The van der Waals surface area contributed by atoms with E-state index in [1.165, 1.54) is 0 Å². The lowest BCUT2D eigenvalue weighted by Gasteiger charge is -2.22. The van der Waals surface area contributed by atoms with Gasteiger partial charge >= 0.3 is 5.97 Å². The van der Waals surface area contributed by atoms with Gasteiger partial charge in [-0.25, -0.2) is 4.79 Å². The normalized spacial score (nSPS) is 17.6. The van der Waals surface area contributed by atoms with Gasteiger partial charge in [-0.05, 0) is 24.1 Å². The Bertz CT molecular complexity index is 691. The molecule has 0 radical (unpaired) electrons. The second-order valence-corrected chi connectivity index (χ2v) is 6.37. The fourth-order valence-corrected chi connectivity index (χ4v) is 3.36. The Morgan fingerprint density at radius 1 is 1.52 bits per heavy atom. The number of thioether (sulfide) groups is 1. The maximum Gasteiger partial charge on any atom is 0.326 e. The summed E-state index contributed by atoms with van der Waals surface area (Å²) in [5.74, 6) is -2.36. The van der Waals surface area contributed by atoms with Crippen molar-refractivity contribution in [2.75, 3.05) is 0 Å². The number of carbonyl (C=O) groups excluding carboxylic acids is 2. The summed E-state index contributed by atoms with van der Waals surface area (Å²) in [6, 6.07) is 2.27. The zero-order valence-corrected chi connectivity index (χ0v) is 13.5. The first-order valence-electron chi connectivity index (χ1n) is 6.58. The van der Waals surface area contributed by atoms with Crippen LogP contribution in [0.25, 0.3) is 6.08 Å². The van der Waals surface area contributed by atoms with Crippen molar-refractivity contribution in [2.24, 2.45) is 5.73 Å². The summed E-state index contributed by atoms with van der Waals surface area (Å²) in [6.07, 6.45) is 4.55. The highest BCUT2D eigenvalue weighted by Gasteiger charge is 2.40. The maximum absolute atomic E-state index is 12.5. The Hall–Kier alpha value is -2.26. The van der Waals surface area contributed by atoms with Crippen molar-refractivity contribution in [3.8, 4) is 0 Å². The second kappa shape index (κ2) is 7.34. The molecule has 9 heteroatoms. The van der Waals surface area contributed by atoms with Gasteiger partial charge in [-0.1, -0.05) is 30.0 Å². The van der Waals surface area contributed by atoms with Crippen LogP contribution in [-0.2, 0) is 14.4 Å². The minimum Gasteiger partial charge on any atom is -0.480 e. The molecule has 1 unspecified atom stereocenters. The molecule has 7 nitrogen and oxygen atoms in total. The molecule has 0 saturated carbocycles. The van der Waals surface area contributed by atoms with Gasteiger partial charge < -0.3 is 10.8 Å². The topological polar surface area (TPSA) is 114 Å². The van der Waals surface area contributed by atoms with E-state index in [2.05, 4.69) is 4.98 Å². The Kier molecular flexibility index (Phi) is 5.45. The molecule has 2 amide bonds. The molecule has 0 bridgehead atoms. The minimum atomic E-state index is -1.23. The van der Waals surface area contributed by atoms with Crippen LogP contribution in [0.15, 0.2) is 29.4 Å². The molecule has 1 aliphatic rings. The average Bonchev–Trinajstić information content (AvgIpc) is 2.75. The number of amides is 2. The van der Waals surface area contributed by atoms with Crippen LogP contribution < -0.4 is 5.73 Å². The van der Waals surface area contributed by atoms with Crippen molar-refractivity contribution in [2.45, 2.75) is 18.9 Å². The number of thiocarbonyl (C=S) groups is 1. The van der Waals surface area contributed by atoms with E-state index in [4.69, 9.17) is 18.0 Å². The molecule has 1 aliphatic heterocycles. The highest BCUT2D eigenvalue weighted by molar-refractivity contribution is 8.26. The summed E-state index contributed by atoms with van der Waals surface area (Å²) in [5, 5.41) is 9.31. The number of carboxylic acid groups (broad SMARTS) is 1. The second-order valence-electron chi connectivity index (χ2n) is 4.70. The smallest absolute Gasteiger partial charge is 0.326 e. The predicted molar refractivity (Wildman–Crippen MR) is 89.1 cm³/mol. The van der Waals surface area contributed by atoms with E-state index in [1.807, 2.05) is 0 Å². The van der Waals surface area contributed by atoms with Crippen molar-refractivity contribution in [3.63, 3.8) is 0 Å². The van der Waals surface area contributed by atoms with E-state index in [1.54, 1.807) is 30.6 Å². The highest BCUT2D eigenvalue weighted by Crippen LogP contribution is 2.34. The van der Waals surface area contributed by atoms with Crippen molar-refractivity contribution in [1.29, 1.82) is 0 Å². The standard InChI is InChI=1S/C14H13N3O4S2/c15-11(18)4-3-9(13(20)21)17-12(19)10(23-14(17)22)6-8-2-1-5-16-7-8/h1-2,5-7,9H,3-4H2,(H2,15,18)(H,20,21)/b10-6-. The van der Waals surface area contributed by atoms with E-state index in [0.717, 1.165) is 16.7 Å². The van der Waals surface area contributed by atoms with Crippen molar-refractivity contribution >= 4 is 52.2 Å². The molecule has 2 rings (SSSR count). The Morgan fingerprint density at radius 3 is 2.83 bits per heavy atom. The number of carboxylic acids is 1. The molecule has 1 atom stereocenters. The molecule has 1 aromatic rings. The van der Waals surface area contributed by atoms with Crippen LogP contribution in [0.1, 0.15) is 18.4 Å². The molecule has 120 valence electrons. The number of pyridine rings is 1. The van der Waals surface area contributed by atoms with Crippen LogP contribution >= 0.6 is 24.0 Å². The molecule has 1 saturated heterocycles. The number of nitrogens with zero attached hydrogens (tertiary/aromatic N) is 2. The minimum absolute atomic E-state index is 0.0860. The quantitative estimate of drug-likeness (QED) is 0.580. The average molecular weight is 351 g/mol. The molecule has 0 aromatic carbocycles. The predicted octanol–water partition coefficient (Wildman–Crippen LogP) is 1.00. The third kappa shape index (κ3) is 4.14. The lowest BCUT2D eigenvalue weighted by Crippen LogP contribution is -2.44. The monoisotopic (exact) mass is 351 g/mol. The fraction of sp³-hybridized carbons (Fsp3) is 0.214. The third-order valence-electron chi connectivity index (χ3n) is 3.07. The summed E-state index contributed by atoms with van der Waals surface area (Å²) in [7, 11) is 0. The van der Waals surface area contributed by atoms with E-state index in [-0.39, 0.29) is 17.2 Å². The molecule has 2 heterocycles. The SMILES string of the molecule is NC(=O)CCC(C(=O)O)N1C(=O)/C(=C/c2cccnc2)SC1=S.